The molecular weight excluding hydrogens is 360 g/mol. The van der Waals surface area contributed by atoms with Gasteiger partial charge in [0.05, 0.1) is 18.8 Å². The first kappa shape index (κ1) is 20.3. The van der Waals surface area contributed by atoms with Gasteiger partial charge in [0, 0.05) is 23.2 Å². The highest BCUT2D eigenvalue weighted by atomic mass is 16.6. The van der Waals surface area contributed by atoms with E-state index in [2.05, 4.69) is 20.8 Å². The number of Topliss-reactive ketones (excluding diaryl/α,β-unsaturated/α-hetero) is 1. The number of hydrogen-bond donors (Lipinski definition) is 2. The quantitative estimate of drug-likeness (QED) is 0.562. The Labute approximate surface area is 167 Å². The number of aliphatic hydroxyl groups is 2. The van der Waals surface area contributed by atoms with Crippen LogP contribution >= 0.6 is 0 Å². The van der Waals surface area contributed by atoms with Crippen molar-refractivity contribution in [1.82, 2.24) is 0 Å². The number of ketones is 1. The van der Waals surface area contributed by atoms with E-state index in [0.717, 1.165) is 19.3 Å². The van der Waals surface area contributed by atoms with Crippen LogP contribution in [-0.4, -0.2) is 53.5 Å². The molecule has 0 aromatic rings. The van der Waals surface area contributed by atoms with Crippen molar-refractivity contribution in [1.29, 1.82) is 0 Å². The Morgan fingerprint density at radius 1 is 1.29 bits per heavy atom. The second kappa shape index (κ2) is 6.51. The molecule has 4 fully saturated rings. The maximum Gasteiger partial charge on any atom is 0.332 e. The van der Waals surface area contributed by atoms with E-state index in [1.165, 1.54) is 0 Å². The Bertz CT molecular complexity index is 674. The molecule has 0 unspecified atom stereocenters. The Morgan fingerprint density at radius 2 is 1.96 bits per heavy atom. The zero-order valence-electron chi connectivity index (χ0n) is 17.4. The van der Waals surface area contributed by atoms with E-state index < -0.39 is 35.6 Å². The van der Waals surface area contributed by atoms with Gasteiger partial charge in [-0.15, -0.1) is 0 Å². The predicted octanol–water partition coefficient (Wildman–Crippen LogP) is 2.10. The van der Waals surface area contributed by atoms with Crippen LogP contribution in [0.15, 0.2) is 0 Å². The highest BCUT2D eigenvalue weighted by Crippen LogP contribution is 2.68. The molecule has 3 aliphatic carbocycles. The molecule has 4 rings (SSSR count). The molecule has 28 heavy (non-hydrogen) atoms. The normalized spacial score (nSPS) is 53.1. The molecule has 0 spiro atoms. The topological polar surface area (TPSA) is 96.4 Å². The lowest BCUT2D eigenvalue weighted by molar-refractivity contribution is -0.215. The number of carbonyl (C=O) groups is 2. The molecule has 9 atom stereocenters. The number of aliphatic hydroxyl groups excluding tert-OH is 2. The van der Waals surface area contributed by atoms with Gasteiger partial charge in [-0.3, -0.25) is 4.79 Å². The molecule has 6 heteroatoms. The first-order chi connectivity index (χ1) is 13.1. The van der Waals surface area contributed by atoms with Crippen LogP contribution in [0, 0.1) is 34.0 Å². The third-order valence-electron chi connectivity index (χ3n) is 9.31. The van der Waals surface area contributed by atoms with Crippen LogP contribution in [0.1, 0.15) is 59.8 Å². The molecule has 3 saturated carbocycles. The minimum absolute atomic E-state index is 0.0283. The maximum atomic E-state index is 13.2. The molecule has 6 nitrogen and oxygen atoms in total. The molecule has 158 valence electrons. The minimum atomic E-state index is -0.680. The molecular formula is C22H34O6. The van der Waals surface area contributed by atoms with Crippen molar-refractivity contribution in [2.75, 3.05) is 13.2 Å². The lowest BCUT2D eigenvalue weighted by atomic mass is 9.43. The van der Waals surface area contributed by atoms with Crippen LogP contribution in [0.2, 0.25) is 0 Å². The van der Waals surface area contributed by atoms with Crippen molar-refractivity contribution >= 4 is 11.8 Å². The monoisotopic (exact) mass is 394 g/mol. The summed E-state index contributed by atoms with van der Waals surface area (Å²) in [4.78, 5) is 25.3. The average Bonchev–Trinajstić information content (AvgIpc) is 3.47. The van der Waals surface area contributed by atoms with Crippen LogP contribution in [-0.2, 0) is 19.1 Å². The first-order valence-corrected chi connectivity index (χ1v) is 10.7. The van der Waals surface area contributed by atoms with Crippen LogP contribution in [0.4, 0.5) is 0 Å². The molecule has 0 aromatic carbocycles. The van der Waals surface area contributed by atoms with E-state index in [9.17, 15) is 19.8 Å². The maximum absolute atomic E-state index is 13.2. The van der Waals surface area contributed by atoms with Crippen molar-refractivity contribution in [3.63, 3.8) is 0 Å². The van der Waals surface area contributed by atoms with Gasteiger partial charge in [0.15, 0.2) is 0 Å². The van der Waals surface area contributed by atoms with Gasteiger partial charge in [-0.05, 0) is 42.9 Å². The molecule has 1 aliphatic heterocycles. The predicted molar refractivity (Wildman–Crippen MR) is 101 cm³/mol. The van der Waals surface area contributed by atoms with E-state index >= 15 is 0 Å². The summed E-state index contributed by atoms with van der Waals surface area (Å²) >= 11 is 0. The SMILES string of the molecule is C[C@@H]1CC[C@@]23CCC(=O)[C@H]2[C@]1(C)[C@H](OC(=O)CO)C[C@@](C)([C@@H]1CO1)[C@@H](O)[C@@H]3C. The molecule has 0 aromatic heterocycles. The number of carbonyl (C=O) groups excluding carboxylic acids is 2. The summed E-state index contributed by atoms with van der Waals surface area (Å²) in [5.41, 5.74) is -1.33. The molecule has 2 bridgehead atoms. The summed E-state index contributed by atoms with van der Waals surface area (Å²) in [6.45, 7) is 8.32. The van der Waals surface area contributed by atoms with Crippen LogP contribution in [0.25, 0.3) is 0 Å². The lowest BCUT2D eigenvalue weighted by Crippen LogP contribution is -2.64. The number of esters is 1. The van der Waals surface area contributed by atoms with Gasteiger partial charge in [-0.2, -0.15) is 0 Å². The highest BCUT2D eigenvalue weighted by molar-refractivity contribution is 5.85. The molecule has 2 N–H and O–H groups in total. The van der Waals surface area contributed by atoms with Crippen molar-refractivity contribution in [2.45, 2.75) is 78.1 Å². The fourth-order valence-corrected chi connectivity index (χ4v) is 7.24. The van der Waals surface area contributed by atoms with Gasteiger partial charge in [0.25, 0.3) is 0 Å². The summed E-state index contributed by atoms with van der Waals surface area (Å²) in [5.74, 6) is -0.475. The third kappa shape index (κ3) is 2.56. The number of rotatable bonds is 3. The van der Waals surface area contributed by atoms with Gasteiger partial charge in [0.2, 0.25) is 0 Å². The number of ether oxygens (including phenoxy) is 2. The zero-order chi connectivity index (χ0) is 20.5. The van der Waals surface area contributed by atoms with Gasteiger partial charge in [0.1, 0.15) is 18.5 Å². The smallest absolute Gasteiger partial charge is 0.332 e. The van der Waals surface area contributed by atoms with Crippen LogP contribution in [0.3, 0.4) is 0 Å². The Balaban J connectivity index is 1.88. The Hall–Kier alpha value is -0.980. The summed E-state index contributed by atoms with van der Waals surface area (Å²) in [5, 5.41) is 20.9. The Morgan fingerprint density at radius 3 is 2.57 bits per heavy atom. The van der Waals surface area contributed by atoms with Crippen LogP contribution in [0.5, 0.6) is 0 Å². The van der Waals surface area contributed by atoms with E-state index in [1.54, 1.807) is 0 Å². The standard InChI is InChI=1S/C22H34O6/c1-12-5-7-22-8-6-14(24)18(22)21(12,4)15(28-17(25)10-23)9-20(3,16-11-27-16)19(26)13(22)2/h12-13,15-16,18-19,23,26H,5-11H2,1-4H3/t12-,13+,15-,16+,18+,19+,20+,21+,22+/m1/s1. The summed E-state index contributed by atoms with van der Waals surface area (Å²) in [6.07, 6.45) is 2.38. The summed E-state index contributed by atoms with van der Waals surface area (Å²) in [6, 6.07) is 0. The van der Waals surface area contributed by atoms with Gasteiger partial charge in [-0.25, -0.2) is 4.79 Å². The minimum Gasteiger partial charge on any atom is -0.460 e. The van der Waals surface area contributed by atoms with E-state index in [-0.39, 0.29) is 35.1 Å². The number of epoxide rings is 1. The molecule has 0 amide bonds. The highest BCUT2D eigenvalue weighted by Gasteiger charge is 2.69. The second-order valence-corrected chi connectivity index (χ2v) is 10.3. The van der Waals surface area contributed by atoms with Gasteiger partial charge >= 0.3 is 5.97 Å². The largest absolute Gasteiger partial charge is 0.460 e. The lowest BCUT2D eigenvalue weighted by Gasteiger charge is -2.62. The third-order valence-corrected chi connectivity index (χ3v) is 9.31. The van der Waals surface area contributed by atoms with Crippen molar-refractivity contribution in [2.24, 2.45) is 34.0 Å². The molecule has 1 saturated heterocycles. The average molecular weight is 395 g/mol. The first-order valence-electron chi connectivity index (χ1n) is 10.7. The zero-order valence-corrected chi connectivity index (χ0v) is 17.4. The van der Waals surface area contributed by atoms with Gasteiger partial charge < -0.3 is 19.7 Å². The summed E-state index contributed by atoms with van der Waals surface area (Å²) in [7, 11) is 0. The van der Waals surface area contributed by atoms with Crippen molar-refractivity contribution < 1.29 is 29.3 Å². The van der Waals surface area contributed by atoms with E-state index in [0.29, 0.717) is 19.4 Å². The van der Waals surface area contributed by atoms with Crippen LogP contribution < -0.4 is 0 Å². The second-order valence-electron chi connectivity index (χ2n) is 10.3. The fraction of sp³-hybridized carbons (Fsp3) is 0.909. The fourth-order valence-electron chi connectivity index (χ4n) is 7.24. The van der Waals surface area contributed by atoms with E-state index in [4.69, 9.17) is 9.47 Å². The molecule has 4 aliphatic rings. The van der Waals surface area contributed by atoms with Crippen molar-refractivity contribution in [3.8, 4) is 0 Å². The van der Waals surface area contributed by atoms with Gasteiger partial charge in [-0.1, -0.05) is 27.7 Å². The molecule has 0 radical (unpaired) electrons. The van der Waals surface area contributed by atoms with Crippen molar-refractivity contribution in [3.05, 3.63) is 0 Å². The summed E-state index contributed by atoms with van der Waals surface area (Å²) < 4.78 is 11.5. The molecule has 1 heterocycles. The van der Waals surface area contributed by atoms with E-state index in [1.807, 2.05) is 6.92 Å². The number of hydrogen-bond acceptors (Lipinski definition) is 6. The Kier molecular flexibility index (Phi) is 4.72.